The van der Waals surface area contributed by atoms with Crippen LogP contribution in [-0.4, -0.2) is 59.8 Å². The highest BCUT2D eigenvalue weighted by molar-refractivity contribution is 7.90. The number of amides is 1. The number of hydrogen-bond donors (Lipinski definition) is 1. The Labute approximate surface area is 298 Å². The molecule has 0 unspecified atom stereocenters. The van der Waals surface area contributed by atoms with Gasteiger partial charge in [-0.25, -0.2) is 0 Å². The van der Waals surface area contributed by atoms with Crippen LogP contribution in [0.15, 0.2) is 60.8 Å². The van der Waals surface area contributed by atoms with Crippen LogP contribution < -0.4 is 9.62 Å². The van der Waals surface area contributed by atoms with Crippen LogP contribution in [0.2, 0.25) is 10.0 Å². The van der Waals surface area contributed by atoms with Gasteiger partial charge in [-0.1, -0.05) is 41.4 Å². The first-order chi connectivity index (χ1) is 23.0. The van der Waals surface area contributed by atoms with Gasteiger partial charge in [-0.3, -0.25) is 23.7 Å². The third kappa shape index (κ3) is 11.9. The molecule has 1 N–H and O–H groups in total. The lowest BCUT2D eigenvalue weighted by atomic mass is 10.1. The Morgan fingerprint density at radius 1 is 0.840 bits per heavy atom. The first kappa shape index (κ1) is 40.5. The van der Waals surface area contributed by atoms with Gasteiger partial charge in [-0.2, -0.15) is 25.9 Å². The fraction of sp³-hybridized carbons (Fsp3) is 0.394. The van der Waals surface area contributed by atoms with Crippen molar-refractivity contribution in [1.82, 2.24) is 14.6 Å². The van der Waals surface area contributed by atoms with Gasteiger partial charge in [0.2, 0.25) is 0 Å². The Hall–Kier alpha value is -3.92. The van der Waals surface area contributed by atoms with E-state index in [-0.39, 0.29) is 33.4 Å². The number of aromatic nitrogens is 1. The summed E-state index contributed by atoms with van der Waals surface area (Å²) in [6, 6.07) is 11.9. The number of nitrogens with zero attached hydrogens (tertiary/aromatic N) is 3. The molecule has 3 rings (SSSR count). The molecule has 1 aromatic heterocycles. The minimum Gasteiger partial charge on any atom is -0.459 e. The fourth-order valence-corrected chi connectivity index (χ4v) is 6.17. The second kappa shape index (κ2) is 16.0. The predicted molar refractivity (Wildman–Crippen MR) is 182 cm³/mol. The van der Waals surface area contributed by atoms with Crippen LogP contribution in [0.5, 0.6) is 0 Å². The Bertz CT molecular complexity index is 1760. The maximum Gasteiger partial charge on any atom is 0.433 e. The molecule has 0 spiro atoms. The Morgan fingerprint density at radius 3 is 1.88 bits per heavy atom. The molecule has 0 aliphatic heterocycles. The second-order valence-corrected chi connectivity index (χ2v) is 15.6. The van der Waals surface area contributed by atoms with Crippen LogP contribution in [0.25, 0.3) is 0 Å². The van der Waals surface area contributed by atoms with Gasteiger partial charge in [0.25, 0.3) is 5.91 Å². The zero-order valence-electron chi connectivity index (χ0n) is 28.1. The Balaban J connectivity index is 1.98. The van der Waals surface area contributed by atoms with Crippen LogP contribution in [0.3, 0.4) is 0 Å². The quantitative estimate of drug-likeness (QED) is 0.205. The second-order valence-electron chi connectivity index (χ2n) is 12.9. The average Bonchev–Trinajstić information content (AvgIpc) is 2.98. The van der Waals surface area contributed by atoms with Gasteiger partial charge < -0.3 is 14.8 Å². The van der Waals surface area contributed by atoms with E-state index in [4.69, 9.17) is 32.7 Å². The van der Waals surface area contributed by atoms with Gasteiger partial charge in [0.15, 0.2) is 0 Å². The van der Waals surface area contributed by atoms with Crippen molar-refractivity contribution in [2.45, 2.75) is 72.0 Å². The van der Waals surface area contributed by atoms with Crippen LogP contribution in [0.1, 0.15) is 68.7 Å². The molecule has 1 heterocycles. The predicted octanol–water partition coefficient (Wildman–Crippen LogP) is 6.57. The zero-order valence-corrected chi connectivity index (χ0v) is 30.4. The SMILES string of the molecule is CC(C)(C)OC(=O)CN(CC(=O)OC(C)(C)C)S(=O)(=O)N(Cc1cccc(Cl)c1Cl)c1ccc(C(=O)NCc2ccc(C(F)(F)F)nc2)cc1. The topological polar surface area (TPSA) is 135 Å². The average molecular weight is 762 g/mol. The summed E-state index contributed by atoms with van der Waals surface area (Å²) in [5.74, 6) is -2.47. The van der Waals surface area contributed by atoms with Crippen molar-refractivity contribution in [3.63, 3.8) is 0 Å². The van der Waals surface area contributed by atoms with Crippen molar-refractivity contribution in [1.29, 1.82) is 0 Å². The standard InChI is InChI=1S/C33H37Cl2F3N4O7S/c1-31(2,3)48-27(43)19-41(20-28(44)49-32(4,5)6)50(46,47)42(18-23-8-7-9-25(34)29(23)35)24-13-11-22(12-14-24)30(45)40-17-21-10-15-26(39-16-21)33(36,37)38/h7-16H,17-20H2,1-6H3,(H,40,45). The highest BCUT2D eigenvalue weighted by Crippen LogP contribution is 2.31. The van der Waals surface area contributed by atoms with Crippen molar-refractivity contribution in [3.05, 3.63) is 93.2 Å². The maximum atomic E-state index is 14.4. The molecule has 3 aromatic rings. The third-order valence-electron chi connectivity index (χ3n) is 6.39. The van der Waals surface area contributed by atoms with E-state index in [1.807, 2.05) is 0 Å². The molecule has 50 heavy (non-hydrogen) atoms. The molecule has 0 aliphatic rings. The largest absolute Gasteiger partial charge is 0.459 e. The summed E-state index contributed by atoms with van der Waals surface area (Å²) < 4.78 is 79.5. The van der Waals surface area contributed by atoms with Crippen molar-refractivity contribution in [2.75, 3.05) is 17.4 Å². The lowest BCUT2D eigenvalue weighted by Crippen LogP contribution is -2.49. The van der Waals surface area contributed by atoms with Crippen molar-refractivity contribution in [2.24, 2.45) is 0 Å². The summed E-state index contributed by atoms with van der Waals surface area (Å²) in [5, 5.41) is 2.78. The summed E-state index contributed by atoms with van der Waals surface area (Å²) in [6.45, 7) is 7.36. The molecule has 0 radical (unpaired) electrons. The molecular weight excluding hydrogens is 724 g/mol. The lowest BCUT2D eigenvalue weighted by Gasteiger charge is -2.32. The number of halogens is 5. The van der Waals surface area contributed by atoms with E-state index in [9.17, 15) is 36.0 Å². The summed E-state index contributed by atoms with van der Waals surface area (Å²) in [4.78, 5) is 42.1. The van der Waals surface area contributed by atoms with Crippen LogP contribution >= 0.6 is 23.2 Å². The summed E-state index contributed by atoms with van der Waals surface area (Å²) in [5.41, 5.74) is -2.30. The summed E-state index contributed by atoms with van der Waals surface area (Å²) >= 11 is 12.6. The van der Waals surface area contributed by atoms with E-state index in [0.717, 1.165) is 16.6 Å². The highest BCUT2D eigenvalue weighted by Gasteiger charge is 2.36. The van der Waals surface area contributed by atoms with Crippen molar-refractivity contribution >= 4 is 56.9 Å². The van der Waals surface area contributed by atoms with Crippen molar-refractivity contribution < 1.29 is 45.4 Å². The number of hydrogen-bond acceptors (Lipinski definition) is 8. The molecule has 0 aliphatic carbocycles. The number of rotatable bonds is 12. The lowest BCUT2D eigenvalue weighted by molar-refractivity contribution is -0.157. The molecule has 17 heteroatoms. The normalized spacial score (nSPS) is 12.4. The Morgan fingerprint density at radius 2 is 1.40 bits per heavy atom. The van der Waals surface area contributed by atoms with Gasteiger partial charge in [0.05, 0.1) is 22.3 Å². The summed E-state index contributed by atoms with van der Waals surface area (Å²) in [7, 11) is -4.76. The molecule has 272 valence electrons. The van der Waals surface area contributed by atoms with E-state index in [2.05, 4.69) is 10.3 Å². The molecule has 0 atom stereocenters. The maximum absolute atomic E-state index is 14.4. The van der Waals surface area contributed by atoms with Gasteiger partial charge in [0.1, 0.15) is 30.0 Å². The van der Waals surface area contributed by atoms with E-state index < -0.39 is 70.8 Å². The molecule has 11 nitrogen and oxygen atoms in total. The smallest absolute Gasteiger partial charge is 0.433 e. The Kier molecular flexibility index (Phi) is 12.9. The number of esters is 2. The van der Waals surface area contributed by atoms with Gasteiger partial charge in [0, 0.05) is 18.3 Å². The number of benzene rings is 2. The van der Waals surface area contributed by atoms with E-state index in [1.165, 1.54) is 36.4 Å². The number of ether oxygens (including phenoxy) is 2. The van der Waals surface area contributed by atoms with Crippen molar-refractivity contribution in [3.8, 4) is 0 Å². The van der Waals surface area contributed by atoms with Gasteiger partial charge in [-0.15, -0.1) is 0 Å². The molecule has 1 amide bonds. The number of pyridine rings is 1. The summed E-state index contributed by atoms with van der Waals surface area (Å²) in [6.07, 6.45) is -3.61. The highest BCUT2D eigenvalue weighted by atomic mass is 35.5. The number of nitrogens with one attached hydrogen (secondary N) is 1. The first-order valence-corrected chi connectivity index (χ1v) is 17.2. The minimum absolute atomic E-state index is 0.0166. The van der Waals surface area contributed by atoms with Gasteiger partial charge in [-0.05, 0) is 89.1 Å². The molecule has 0 saturated carbocycles. The molecule has 0 saturated heterocycles. The monoisotopic (exact) mass is 760 g/mol. The molecule has 2 aromatic carbocycles. The van der Waals surface area contributed by atoms with Gasteiger partial charge >= 0.3 is 28.3 Å². The van der Waals surface area contributed by atoms with Crippen LogP contribution in [0, 0.1) is 0 Å². The fourth-order valence-electron chi connectivity index (χ4n) is 4.29. The van der Waals surface area contributed by atoms with E-state index in [0.29, 0.717) is 9.87 Å². The van der Waals surface area contributed by atoms with Crippen LogP contribution in [0.4, 0.5) is 18.9 Å². The number of carbonyl (C=O) groups excluding carboxylic acids is 3. The molecule has 0 fully saturated rings. The minimum atomic E-state index is -4.76. The molecule has 0 bridgehead atoms. The first-order valence-electron chi connectivity index (χ1n) is 15.0. The zero-order chi connectivity index (χ0) is 37.7. The number of carbonyl (C=O) groups is 3. The van der Waals surface area contributed by atoms with Crippen LogP contribution in [-0.2, 0) is 48.5 Å². The third-order valence-corrected chi connectivity index (χ3v) is 9.05. The van der Waals surface area contributed by atoms with E-state index >= 15 is 0 Å². The molecular formula is C33H37Cl2F3N4O7S. The number of anilines is 1. The van der Waals surface area contributed by atoms with E-state index in [1.54, 1.807) is 53.7 Å². The number of alkyl halides is 3.